The number of benzene rings is 1. The van der Waals surface area contributed by atoms with Gasteiger partial charge in [-0.25, -0.2) is 0 Å². The second kappa shape index (κ2) is 7.21. The molecule has 0 aromatic heterocycles. The predicted molar refractivity (Wildman–Crippen MR) is 86.0 cm³/mol. The van der Waals surface area contributed by atoms with E-state index in [-0.39, 0.29) is 0 Å². The molecule has 1 atom stereocenters. The molecule has 1 aromatic rings. The van der Waals surface area contributed by atoms with Crippen LogP contribution in [0.3, 0.4) is 0 Å². The van der Waals surface area contributed by atoms with Crippen LogP contribution in [0.4, 0.5) is 0 Å². The fourth-order valence-electron chi connectivity index (χ4n) is 3.14. The zero-order valence-corrected chi connectivity index (χ0v) is 13.2. The van der Waals surface area contributed by atoms with E-state index in [1.807, 2.05) is 0 Å². The third kappa shape index (κ3) is 3.60. The van der Waals surface area contributed by atoms with Crippen molar-refractivity contribution in [3.8, 4) is 0 Å². The lowest BCUT2D eigenvalue weighted by Crippen LogP contribution is -2.37. The molecular formula is C17H29N3. The van der Waals surface area contributed by atoms with Gasteiger partial charge in [-0.2, -0.15) is 0 Å². The Kier molecular flexibility index (Phi) is 5.58. The number of nitrogens with two attached hydrogens (primary N) is 1. The number of nitrogens with zero attached hydrogens (tertiary/aromatic N) is 2. The van der Waals surface area contributed by atoms with E-state index >= 15 is 0 Å². The van der Waals surface area contributed by atoms with Crippen LogP contribution in [0.15, 0.2) is 18.2 Å². The number of likely N-dealkylation sites (tertiary alicyclic amines) is 1. The highest BCUT2D eigenvalue weighted by Crippen LogP contribution is 2.24. The maximum Gasteiger partial charge on any atom is 0.0470 e. The van der Waals surface area contributed by atoms with Crippen LogP contribution in [-0.4, -0.2) is 49.6 Å². The molecule has 1 aromatic carbocycles. The van der Waals surface area contributed by atoms with Crippen molar-refractivity contribution in [2.24, 2.45) is 5.73 Å². The van der Waals surface area contributed by atoms with Gasteiger partial charge in [-0.05, 0) is 63.5 Å². The fourth-order valence-corrected chi connectivity index (χ4v) is 3.14. The van der Waals surface area contributed by atoms with E-state index in [0.29, 0.717) is 12.6 Å². The van der Waals surface area contributed by atoms with E-state index in [9.17, 15) is 0 Å². The summed E-state index contributed by atoms with van der Waals surface area (Å²) in [6, 6.07) is 6.88. The van der Waals surface area contributed by atoms with Gasteiger partial charge in [0.1, 0.15) is 0 Å². The number of hydrogen-bond donors (Lipinski definition) is 1. The van der Waals surface area contributed by atoms with Gasteiger partial charge in [-0.15, -0.1) is 0 Å². The van der Waals surface area contributed by atoms with Crippen molar-refractivity contribution in [3.05, 3.63) is 34.9 Å². The largest absolute Gasteiger partial charge is 0.329 e. The topological polar surface area (TPSA) is 32.5 Å². The Morgan fingerprint density at radius 3 is 2.60 bits per heavy atom. The zero-order chi connectivity index (χ0) is 14.5. The van der Waals surface area contributed by atoms with Crippen LogP contribution in [0.5, 0.6) is 0 Å². The lowest BCUT2D eigenvalue weighted by Gasteiger charge is -2.30. The Balaban J connectivity index is 2.00. The molecule has 0 aliphatic carbocycles. The molecule has 112 valence electrons. The summed E-state index contributed by atoms with van der Waals surface area (Å²) in [6.07, 6.45) is 2.72. The predicted octanol–water partition coefficient (Wildman–Crippen LogP) is 2.33. The van der Waals surface area contributed by atoms with Gasteiger partial charge in [0.05, 0.1) is 0 Å². The molecule has 2 N–H and O–H groups in total. The Bertz CT molecular complexity index is 424. The molecule has 1 unspecified atom stereocenters. The summed E-state index contributed by atoms with van der Waals surface area (Å²) in [6.45, 7) is 9.86. The van der Waals surface area contributed by atoms with Crippen LogP contribution in [0.25, 0.3) is 0 Å². The highest BCUT2D eigenvalue weighted by molar-refractivity contribution is 5.35. The number of likely N-dealkylation sites (N-methyl/N-ethyl adjacent to an activating group) is 1. The van der Waals surface area contributed by atoms with Crippen LogP contribution in [0.1, 0.15) is 35.6 Å². The van der Waals surface area contributed by atoms with Crippen molar-refractivity contribution in [1.82, 2.24) is 9.80 Å². The quantitative estimate of drug-likeness (QED) is 0.865. The summed E-state index contributed by atoms with van der Waals surface area (Å²) < 4.78 is 0. The maximum atomic E-state index is 6.05. The molecule has 1 heterocycles. The molecular weight excluding hydrogens is 246 g/mol. The minimum Gasteiger partial charge on any atom is -0.329 e. The highest BCUT2D eigenvalue weighted by atomic mass is 15.2. The van der Waals surface area contributed by atoms with Crippen molar-refractivity contribution in [3.63, 3.8) is 0 Å². The van der Waals surface area contributed by atoms with Gasteiger partial charge in [0.25, 0.3) is 0 Å². The first-order valence-corrected chi connectivity index (χ1v) is 7.82. The van der Waals surface area contributed by atoms with E-state index in [1.54, 1.807) is 0 Å². The SMILES string of the molecule is Cc1cccc(C(CN)N(C)CCN2CCCC2)c1C. The monoisotopic (exact) mass is 275 g/mol. The van der Waals surface area contributed by atoms with E-state index in [2.05, 4.69) is 48.9 Å². The molecule has 0 radical (unpaired) electrons. The van der Waals surface area contributed by atoms with E-state index in [1.165, 1.54) is 42.6 Å². The molecule has 3 nitrogen and oxygen atoms in total. The highest BCUT2D eigenvalue weighted by Gasteiger charge is 2.19. The molecule has 0 saturated carbocycles. The zero-order valence-electron chi connectivity index (χ0n) is 13.2. The summed E-state index contributed by atoms with van der Waals surface area (Å²) in [5.41, 5.74) is 10.2. The Hall–Kier alpha value is -0.900. The van der Waals surface area contributed by atoms with Crippen LogP contribution < -0.4 is 5.73 Å². The smallest absolute Gasteiger partial charge is 0.0470 e. The first-order valence-electron chi connectivity index (χ1n) is 7.82. The number of rotatable bonds is 6. The first kappa shape index (κ1) is 15.5. The minimum atomic E-state index is 0.331. The molecule has 3 heteroatoms. The molecule has 1 aliphatic heterocycles. The second-order valence-electron chi connectivity index (χ2n) is 6.07. The van der Waals surface area contributed by atoms with E-state index < -0.39 is 0 Å². The lowest BCUT2D eigenvalue weighted by molar-refractivity contribution is 0.209. The average Bonchev–Trinajstić information content (AvgIpc) is 2.95. The maximum absolute atomic E-state index is 6.05. The number of aryl methyl sites for hydroxylation is 1. The summed E-state index contributed by atoms with van der Waals surface area (Å²) >= 11 is 0. The Morgan fingerprint density at radius 1 is 1.25 bits per heavy atom. The standard InChI is InChI=1S/C17H29N3/c1-14-7-6-8-16(15(14)2)17(13-18)19(3)11-12-20-9-4-5-10-20/h6-8,17H,4-5,9-13,18H2,1-3H3. The number of hydrogen-bond acceptors (Lipinski definition) is 3. The Morgan fingerprint density at radius 2 is 1.95 bits per heavy atom. The van der Waals surface area contributed by atoms with Crippen molar-refractivity contribution in [2.45, 2.75) is 32.7 Å². The molecule has 0 amide bonds. The average molecular weight is 275 g/mol. The molecule has 1 fully saturated rings. The Labute approximate surface area is 123 Å². The van der Waals surface area contributed by atoms with E-state index in [4.69, 9.17) is 5.73 Å². The summed E-state index contributed by atoms with van der Waals surface area (Å²) in [5, 5.41) is 0. The van der Waals surface area contributed by atoms with Gasteiger partial charge in [0, 0.05) is 25.7 Å². The van der Waals surface area contributed by atoms with Crippen molar-refractivity contribution in [2.75, 3.05) is 39.8 Å². The van der Waals surface area contributed by atoms with Crippen LogP contribution in [0.2, 0.25) is 0 Å². The molecule has 0 spiro atoms. The van der Waals surface area contributed by atoms with E-state index in [0.717, 1.165) is 13.1 Å². The summed E-state index contributed by atoms with van der Waals surface area (Å²) in [7, 11) is 2.20. The first-order chi connectivity index (χ1) is 9.63. The second-order valence-corrected chi connectivity index (χ2v) is 6.07. The van der Waals surface area contributed by atoms with Crippen LogP contribution in [-0.2, 0) is 0 Å². The fraction of sp³-hybridized carbons (Fsp3) is 0.647. The van der Waals surface area contributed by atoms with Crippen LogP contribution >= 0.6 is 0 Å². The van der Waals surface area contributed by atoms with Crippen molar-refractivity contribution in [1.29, 1.82) is 0 Å². The van der Waals surface area contributed by atoms with Gasteiger partial charge in [-0.3, -0.25) is 4.90 Å². The summed E-state index contributed by atoms with van der Waals surface area (Å²) in [4.78, 5) is 4.98. The third-order valence-corrected chi connectivity index (χ3v) is 4.73. The van der Waals surface area contributed by atoms with Crippen molar-refractivity contribution < 1.29 is 0 Å². The van der Waals surface area contributed by atoms with Gasteiger partial charge < -0.3 is 10.6 Å². The van der Waals surface area contributed by atoms with Gasteiger partial charge in [0.2, 0.25) is 0 Å². The van der Waals surface area contributed by atoms with Gasteiger partial charge in [-0.1, -0.05) is 18.2 Å². The normalized spacial score (nSPS) is 17.9. The third-order valence-electron chi connectivity index (χ3n) is 4.73. The molecule has 1 saturated heterocycles. The van der Waals surface area contributed by atoms with Gasteiger partial charge in [0.15, 0.2) is 0 Å². The van der Waals surface area contributed by atoms with Crippen molar-refractivity contribution >= 4 is 0 Å². The van der Waals surface area contributed by atoms with Crippen LogP contribution in [0, 0.1) is 13.8 Å². The molecule has 2 rings (SSSR count). The molecule has 1 aliphatic rings. The lowest BCUT2D eigenvalue weighted by atomic mass is 9.96. The molecule has 20 heavy (non-hydrogen) atoms. The summed E-state index contributed by atoms with van der Waals surface area (Å²) in [5.74, 6) is 0. The van der Waals surface area contributed by atoms with Gasteiger partial charge >= 0.3 is 0 Å². The molecule has 0 bridgehead atoms. The minimum absolute atomic E-state index is 0.331.